The average molecular weight is 308 g/mol. The third-order valence-electron chi connectivity index (χ3n) is 4.00. The Balaban J connectivity index is 1.91. The Labute approximate surface area is 135 Å². The van der Waals surface area contributed by atoms with Crippen LogP contribution in [0.5, 0.6) is 5.75 Å². The lowest BCUT2D eigenvalue weighted by atomic mass is 10.1. The Kier molecular flexibility index (Phi) is 4.33. The molecule has 0 atom stereocenters. The number of hydrogen-bond donors (Lipinski definition) is 1. The van der Waals surface area contributed by atoms with Crippen molar-refractivity contribution >= 4 is 16.8 Å². The summed E-state index contributed by atoms with van der Waals surface area (Å²) in [4.78, 5) is 17.9. The molecule has 0 aliphatic rings. The predicted octanol–water partition coefficient (Wildman–Crippen LogP) is 3.84. The molecule has 0 aliphatic carbocycles. The van der Waals surface area contributed by atoms with E-state index in [0.717, 1.165) is 22.2 Å². The van der Waals surface area contributed by atoms with E-state index in [2.05, 4.69) is 4.98 Å². The predicted molar refractivity (Wildman–Crippen MR) is 91.7 cm³/mol. The molecule has 0 bridgehead atoms. The van der Waals surface area contributed by atoms with Gasteiger partial charge < -0.3 is 14.6 Å². The van der Waals surface area contributed by atoms with Crippen LogP contribution < -0.4 is 4.74 Å². The van der Waals surface area contributed by atoms with E-state index in [0.29, 0.717) is 18.7 Å². The summed E-state index contributed by atoms with van der Waals surface area (Å²) in [5.74, 6) is 0.771. The molecule has 0 aliphatic heterocycles. The molecule has 4 heteroatoms. The number of benzene rings is 2. The molecule has 3 aromatic rings. The molecule has 0 spiro atoms. The first-order valence-electron chi connectivity index (χ1n) is 7.71. The Morgan fingerprint density at radius 2 is 1.96 bits per heavy atom. The number of amides is 1. The van der Waals surface area contributed by atoms with E-state index in [9.17, 15) is 4.79 Å². The summed E-state index contributed by atoms with van der Waals surface area (Å²) in [5, 5.41) is 0.890. The van der Waals surface area contributed by atoms with Crippen LogP contribution in [-0.4, -0.2) is 29.4 Å². The zero-order valence-corrected chi connectivity index (χ0v) is 13.4. The quantitative estimate of drug-likeness (QED) is 0.778. The molecule has 1 amide bonds. The number of methoxy groups -OCH3 is 1. The van der Waals surface area contributed by atoms with E-state index in [1.165, 1.54) is 0 Å². The first-order chi connectivity index (χ1) is 11.2. The summed E-state index contributed by atoms with van der Waals surface area (Å²) in [6, 6.07) is 15.7. The van der Waals surface area contributed by atoms with Crippen molar-refractivity contribution in [3.8, 4) is 5.75 Å². The Morgan fingerprint density at radius 3 is 2.65 bits per heavy atom. The topological polar surface area (TPSA) is 45.3 Å². The third kappa shape index (κ3) is 3.06. The summed E-state index contributed by atoms with van der Waals surface area (Å²) < 4.78 is 5.27. The Bertz CT molecular complexity index is 809. The molecule has 3 rings (SSSR count). The minimum atomic E-state index is 0.0239. The van der Waals surface area contributed by atoms with E-state index < -0.39 is 0 Å². The number of nitrogens with one attached hydrogen (secondary N) is 1. The van der Waals surface area contributed by atoms with Gasteiger partial charge >= 0.3 is 0 Å². The van der Waals surface area contributed by atoms with Gasteiger partial charge in [0.05, 0.1) is 12.7 Å². The summed E-state index contributed by atoms with van der Waals surface area (Å²) in [6.45, 7) is 3.26. The van der Waals surface area contributed by atoms with Gasteiger partial charge in [-0.15, -0.1) is 0 Å². The first kappa shape index (κ1) is 15.2. The molecule has 1 N–H and O–H groups in total. The monoisotopic (exact) mass is 308 g/mol. The van der Waals surface area contributed by atoms with Crippen LogP contribution in [0.25, 0.3) is 10.9 Å². The number of ether oxygens (including phenoxy) is 1. The summed E-state index contributed by atoms with van der Waals surface area (Å²) in [5.41, 5.74) is 2.74. The third-order valence-corrected chi connectivity index (χ3v) is 4.00. The van der Waals surface area contributed by atoms with Gasteiger partial charge in [-0.25, -0.2) is 0 Å². The number of hydrogen-bond acceptors (Lipinski definition) is 2. The van der Waals surface area contributed by atoms with E-state index in [1.54, 1.807) is 13.3 Å². The summed E-state index contributed by atoms with van der Waals surface area (Å²) in [6.07, 6.45) is 1.78. The van der Waals surface area contributed by atoms with E-state index in [4.69, 9.17) is 4.74 Å². The van der Waals surface area contributed by atoms with Crippen molar-refractivity contribution in [1.82, 2.24) is 9.88 Å². The minimum absolute atomic E-state index is 0.0239. The van der Waals surface area contributed by atoms with Gasteiger partial charge in [0, 0.05) is 30.2 Å². The zero-order chi connectivity index (χ0) is 16.2. The normalized spacial score (nSPS) is 10.7. The number of H-pyrrole nitrogens is 1. The van der Waals surface area contributed by atoms with Gasteiger partial charge in [-0.05, 0) is 30.7 Å². The van der Waals surface area contributed by atoms with Crippen LogP contribution in [-0.2, 0) is 6.54 Å². The van der Waals surface area contributed by atoms with Crippen molar-refractivity contribution in [2.45, 2.75) is 13.5 Å². The number of carbonyl (C=O) groups excluding carboxylic acids is 1. The molecule has 118 valence electrons. The lowest BCUT2D eigenvalue weighted by Crippen LogP contribution is -2.30. The highest BCUT2D eigenvalue weighted by Crippen LogP contribution is 2.25. The van der Waals surface area contributed by atoms with Crippen molar-refractivity contribution in [2.75, 3.05) is 13.7 Å². The maximum Gasteiger partial charge on any atom is 0.256 e. The molecule has 4 nitrogen and oxygen atoms in total. The second-order valence-corrected chi connectivity index (χ2v) is 5.42. The maximum absolute atomic E-state index is 12.9. The van der Waals surface area contributed by atoms with Crippen LogP contribution in [0.15, 0.2) is 54.7 Å². The second-order valence-electron chi connectivity index (χ2n) is 5.42. The molecule has 2 aromatic carbocycles. The first-order valence-corrected chi connectivity index (χ1v) is 7.71. The number of rotatable bonds is 5. The molecule has 0 unspecified atom stereocenters. The molecule has 0 fully saturated rings. The number of carbonyl (C=O) groups is 1. The van der Waals surface area contributed by atoms with Gasteiger partial charge in [0.15, 0.2) is 0 Å². The van der Waals surface area contributed by atoms with Crippen molar-refractivity contribution < 1.29 is 9.53 Å². The second kappa shape index (κ2) is 6.57. The molecule has 1 heterocycles. The van der Waals surface area contributed by atoms with Crippen molar-refractivity contribution in [1.29, 1.82) is 0 Å². The highest BCUT2D eigenvalue weighted by molar-refractivity contribution is 6.07. The van der Waals surface area contributed by atoms with E-state index in [1.807, 2.05) is 60.4 Å². The summed E-state index contributed by atoms with van der Waals surface area (Å²) in [7, 11) is 1.63. The molecule has 0 radical (unpaired) electrons. The van der Waals surface area contributed by atoms with Crippen molar-refractivity contribution in [3.63, 3.8) is 0 Å². The van der Waals surface area contributed by atoms with Gasteiger partial charge in [0.1, 0.15) is 5.75 Å². The fourth-order valence-corrected chi connectivity index (χ4v) is 2.71. The van der Waals surface area contributed by atoms with Gasteiger partial charge in [-0.2, -0.15) is 0 Å². The van der Waals surface area contributed by atoms with Crippen molar-refractivity contribution in [3.05, 3.63) is 65.9 Å². The molecule has 0 saturated carbocycles. The van der Waals surface area contributed by atoms with Crippen molar-refractivity contribution in [2.24, 2.45) is 0 Å². The lowest BCUT2D eigenvalue weighted by molar-refractivity contribution is 0.0754. The maximum atomic E-state index is 12.9. The number of aromatic amines is 1. The minimum Gasteiger partial charge on any atom is -0.497 e. The summed E-state index contributed by atoms with van der Waals surface area (Å²) >= 11 is 0. The smallest absolute Gasteiger partial charge is 0.256 e. The molecule has 23 heavy (non-hydrogen) atoms. The largest absolute Gasteiger partial charge is 0.497 e. The van der Waals surface area contributed by atoms with Crippen LogP contribution in [0, 0.1) is 0 Å². The van der Waals surface area contributed by atoms with E-state index in [-0.39, 0.29) is 5.91 Å². The Morgan fingerprint density at radius 1 is 1.17 bits per heavy atom. The van der Waals surface area contributed by atoms with Crippen LogP contribution in [0.4, 0.5) is 0 Å². The number of fused-ring (bicyclic) bond motifs is 1. The fraction of sp³-hybridized carbons (Fsp3) is 0.211. The van der Waals surface area contributed by atoms with Crippen LogP contribution in [0.2, 0.25) is 0 Å². The average Bonchev–Trinajstić information content (AvgIpc) is 3.03. The van der Waals surface area contributed by atoms with Gasteiger partial charge in [0.2, 0.25) is 0 Å². The molecule has 1 aromatic heterocycles. The van der Waals surface area contributed by atoms with E-state index >= 15 is 0 Å². The SMILES string of the molecule is CCN(Cc1ccccc1)C(=O)c1c[nH]c2ccc(OC)cc12. The van der Waals surface area contributed by atoms with Gasteiger partial charge in [0.25, 0.3) is 5.91 Å². The zero-order valence-electron chi connectivity index (χ0n) is 13.4. The molecular weight excluding hydrogens is 288 g/mol. The molecular formula is C19H20N2O2. The number of nitrogens with zero attached hydrogens (tertiary/aromatic N) is 1. The lowest BCUT2D eigenvalue weighted by Gasteiger charge is -2.20. The van der Waals surface area contributed by atoms with Crippen LogP contribution in [0.1, 0.15) is 22.8 Å². The van der Waals surface area contributed by atoms with Gasteiger partial charge in [-0.3, -0.25) is 4.79 Å². The highest BCUT2D eigenvalue weighted by atomic mass is 16.5. The highest BCUT2D eigenvalue weighted by Gasteiger charge is 2.18. The molecule has 0 saturated heterocycles. The fourth-order valence-electron chi connectivity index (χ4n) is 2.71. The van der Waals surface area contributed by atoms with Gasteiger partial charge in [-0.1, -0.05) is 30.3 Å². The standard InChI is InChI=1S/C19H20N2O2/c1-3-21(13-14-7-5-4-6-8-14)19(22)17-12-20-18-10-9-15(23-2)11-16(17)18/h4-12,20H,3,13H2,1-2H3. The van der Waals surface area contributed by atoms with Crippen LogP contribution >= 0.6 is 0 Å². The van der Waals surface area contributed by atoms with Crippen LogP contribution in [0.3, 0.4) is 0 Å². The Hall–Kier alpha value is -2.75. The number of aromatic nitrogens is 1.